The van der Waals surface area contributed by atoms with Gasteiger partial charge in [0.05, 0.1) is 6.26 Å². The molecule has 0 bridgehead atoms. The van der Waals surface area contributed by atoms with Crippen LogP contribution in [0.4, 0.5) is 0 Å². The Bertz CT molecular complexity index is 558. The number of methoxy groups -OCH3 is 4. The van der Waals surface area contributed by atoms with E-state index in [1.807, 2.05) is 34.7 Å². The van der Waals surface area contributed by atoms with Crippen molar-refractivity contribution in [1.29, 1.82) is 0 Å². The van der Waals surface area contributed by atoms with Crippen molar-refractivity contribution < 1.29 is 37.0 Å². The highest BCUT2D eigenvalue weighted by atomic mass is 32.2. The van der Waals surface area contributed by atoms with E-state index in [9.17, 15) is 18.0 Å². The molecule has 3 N–H and O–H groups in total. The fourth-order valence-corrected chi connectivity index (χ4v) is 2.01. The van der Waals surface area contributed by atoms with E-state index in [2.05, 4.69) is 59.4 Å². The second kappa shape index (κ2) is 80.5. The summed E-state index contributed by atoms with van der Waals surface area (Å²) in [4.78, 5) is 19.9. The second-order valence-corrected chi connectivity index (χ2v) is 11.8. The molecule has 11 nitrogen and oxygen atoms in total. The summed E-state index contributed by atoms with van der Waals surface area (Å²) in [5, 5.41) is 5.72. The van der Waals surface area contributed by atoms with E-state index in [0.717, 1.165) is 58.4 Å². The van der Waals surface area contributed by atoms with Gasteiger partial charge in [-0.2, -0.15) is 0 Å². The molecule has 0 aliphatic heterocycles. The van der Waals surface area contributed by atoms with Crippen LogP contribution in [0.2, 0.25) is 0 Å². The Kier molecular flexibility index (Phi) is 115. The molecule has 0 unspecified atom stereocenters. The minimum absolute atomic E-state index is 0.0573. The molecule has 0 saturated heterocycles. The minimum Gasteiger partial charge on any atom is -0.388 e. The molecule has 1 amide bonds. The topological polar surface area (TPSA) is 141 Å². The van der Waals surface area contributed by atoms with E-state index < -0.39 is 10.0 Å². The van der Waals surface area contributed by atoms with E-state index >= 15 is 0 Å². The molecule has 0 atom stereocenters. The second-order valence-electron chi connectivity index (χ2n) is 9.99. The first-order valence-corrected chi connectivity index (χ1v) is 19.7. The number of unbranched alkanes of at least 4 members (excludes halogenated alkanes) is 3. The molecule has 302 valence electrons. The molecule has 0 heterocycles. The summed E-state index contributed by atoms with van der Waals surface area (Å²) >= 11 is 0. The van der Waals surface area contributed by atoms with E-state index in [4.69, 9.17) is 9.47 Å². The van der Waals surface area contributed by atoms with Crippen molar-refractivity contribution in [2.75, 3.05) is 88.3 Å². The van der Waals surface area contributed by atoms with Gasteiger partial charge in [-0.3, -0.25) is 4.79 Å². The lowest BCUT2D eigenvalue weighted by Crippen LogP contribution is -2.22. The van der Waals surface area contributed by atoms with E-state index in [-0.39, 0.29) is 11.7 Å². The van der Waals surface area contributed by atoms with Gasteiger partial charge in [0, 0.05) is 81.8 Å². The zero-order valence-electron chi connectivity index (χ0n) is 35.5. The number of carbonyl (C=O) groups excluding carboxylic acids is 2. The normalized spacial score (nSPS) is 8.71. The summed E-state index contributed by atoms with van der Waals surface area (Å²) in [7, 11) is 7.42. The van der Waals surface area contributed by atoms with E-state index in [0.29, 0.717) is 13.0 Å². The minimum atomic E-state index is -2.94. The number of nitrogens with one attached hydrogen (secondary N) is 3. The standard InChI is InChI=1S/C5H11NO.C5H13N.C5H12O.C4H11NO2S.C4H10O.C4H8O.C4H10.C3H8O.C2H6O/c1-3-4-6-5(2)7;2*1-3-4-5-6-2;1-3-4-5-8(2,6)7;1-3-4-5-2;1-3-4(2)5;2*1-3-4-2;1-3-2/h3-4H2,1-2H3,(H,6,7);6H,3-5H2,1-2H3;3-5H2,1-2H3;5H,3-4H2,1-2H3;3-4H2,1-2H3;3H2,1-2H3;3-4H2,1-2H3;3H2,1-2H3;1-2H3. The van der Waals surface area contributed by atoms with Gasteiger partial charge in [0.25, 0.3) is 0 Å². The predicted molar refractivity (Wildman–Crippen MR) is 212 cm³/mol. The Morgan fingerprint density at radius 1 is 0.583 bits per heavy atom. The molecular formula is C36H89N3O8S. The van der Waals surface area contributed by atoms with Gasteiger partial charge in [0.15, 0.2) is 0 Å². The first kappa shape index (κ1) is 68.7. The van der Waals surface area contributed by atoms with Crippen LogP contribution in [0.3, 0.4) is 0 Å². The molecule has 0 aliphatic carbocycles. The fourth-order valence-electron chi connectivity index (χ4n) is 1.43. The highest BCUT2D eigenvalue weighted by Gasteiger charge is 1.94. The molecular weight excluding hydrogens is 634 g/mol. The van der Waals surface area contributed by atoms with Crippen LogP contribution < -0.4 is 15.4 Å². The maximum absolute atomic E-state index is 10.3. The van der Waals surface area contributed by atoms with Crippen molar-refractivity contribution in [2.24, 2.45) is 0 Å². The Labute approximate surface area is 302 Å². The van der Waals surface area contributed by atoms with Crippen LogP contribution in [0, 0.1) is 0 Å². The van der Waals surface area contributed by atoms with Gasteiger partial charge >= 0.3 is 0 Å². The van der Waals surface area contributed by atoms with Crippen molar-refractivity contribution >= 4 is 21.7 Å². The summed E-state index contributed by atoms with van der Waals surface area (Å²) in [6, 6.07) is 0. The average molecular weight is 724 g/mol. The monoisotopic (exact) mass is 724 g/mol. The number of hydrogen-bond acceptors (Lipinski definition) is 9. The van der Waals surface area contributed by atoms with Gasteiger partial charge in [-0.05, 0) is 59.5 Å². The Hall–Kier alpha value is -1.15. The van der Waals surface area contributed by atoms with Crippen LogP contribution in [0.5, 0.6) is 0 Å². The van der Waals surface area contributed by atoms with Crippen LogP contribution >= 0.6 is 0 Å². The molecule has 0 aromatic carbocycles. The number of sulfonamides is 1. The molecule has 0 spiro atoms. The number of Topliss-reactive ketones (excluding diaryl/α,β-unsaturated/α-hetero) is 1. The lowest BCUT2D eigenvalue weighted by Gasteiger charge is -1.95. The Morgan fingerprint density at radius 2 is 0.979 bits per heavy atom. The highest BCUT2D eigenvalue weighted by Crippen LogP contribution is 1.83. The number of hydrogen-bond donors (Lipinski definition) is 3. The van der Waals surface area contributed by atoms with E-state index in [1.54, 1.807) is 42.5 Å². The number of amides is 1. The largest absolute Gasteiger partial charge is 0.388 e. The van der Waals surface area contributed by atoms with Crippen molar-refractivity contribution in [1.82, 2.24) is 15.4 Å². The average Bonchev–Trinajstić information content (AvgIpc) is 3.06. The van der Waals surface area contributed by atoms with Gasteiger partial charge in [0.1, 0.15) is 5.78 Å². The van der Waals surface area contributed by atoms with Gasteiger partial charge < -0.3 is 34.4 Å². The summed E-state index contributed by atoms with van der Waals surface area (Å²) < 4.78 is 41.2. The highest BCUT2D eigenvalue weighted by molar-refractivity contribution is 7.88. The third-order valence-corrected chi connectivity index (χ3v) is 5.14. The SMILES string of the molecule is CCC(C)=O.CCCC.CCCCNC.CCCCOC.CCCNC(C)=O.CCCNS(C)(=O)=O.CCCOC.CCOC.COC. The number of ketones is 1. The predicted octanol–water partition coefficient (Wildman–Crippen LogP) is 7.67. The molecule has 0 aliphatic rings. The van der Waals surface area contributed by atoms with Gasteiger partial charge in [-0.1, -0.05) is 81.1 Å². The first-order valence-electron chi connectivity index (χ1n) is 17.8. The van der Waals surface area contributed by atoms with Crippen LogP contribution in [0.15, 0.2) is 0 Å². The molecule has 0 rings (SSSR count). The Morgan fingerprint density at radius 3 is 1.06 bits per heavy atom. The molecule has 0 fully saturated rings. The van der Waals surface area contributed by atoms with Crippen LogP contribution in [-0.2, 0) is 38.6 Å². The van der Waals surface area contributed by atoms with Crippen molar-refractivity contribution in [3.05, 3.63) is 0 Å². The molecule has 12 heteroatoms. The summed E-state index contributed by atoms with van der Waals surface area (Å²) in [6.07, 6.45) is 12.5. The number of ether oxygens (including phenoxy) is 4. The number of carbonyl (C=O) groups is 2. The lowest BCUT2D eigenvalue weighted by molar-refractivity contribution is -0.119. The van der Waals surface area contributed by atoms with Crippen LogP contribution in [0.25, 0.3) is 0 Å². The zero-order chi connectivity index (χ0) is 39.9. The lowest BCUT2D eigenvalue weighted by atomic mass is 10.3. The Balaban J connectivity index is -0.0000000516. The third kappa shape index (κ3) is 219. The van der Waals surface area contributed by atoms with Crippen LogP contribution in [-0.4, -0.2) is 108 Å². The van der Waals surface area contributed by atoms with Crippen molar-refractivity contribution in [2.45, 2.75) is 140 Å². The molecule has 0 radical (unpaired) electrons. The zero-order valence-corrected chi connectivity index (χ0v) is 36.3. The van der Waals surface area contributed by atoms with Crippen LogP contribution in [0.1, 0.15) is 140 Å². The quantitative estimate of drug-likeness (QED) is 0.137. The first-order chi connectivity index (χ1) is 22.6. The maximum atomic E-state index is 10.3. The smallest absolute Gasteiger partial charge is 0.216 e. The summed E-state index contributed by atoms with van der Waals surface area (Å²) in [6.45, 7) is 26.8. The maximum Gasteiger partial charge on any atom is 0.216 e. The van der Waals surface area contributed by atoms with Gasteiger partial charge in [-0.25, -0.2) is 13.1 Å². The fraction of sp³-hybridized carbons (Fsp3) is 0.944. The van der Waals surface area contributed by atoms with Gasteiger partial charge in [0.2, 0.25) is 15.9 Å². The molecule has 48 heavy (non-hydrogen) atoms. The third-order valence-electron chi connectivity index (χ3n) is 4.42. The summed E-state index contributed by atoms with van der Waals surface area (Å²) in [5.41, 5.74) is 0. The molecule has 0 saturated carbocycles. The molecule has 0 aromatic heterocycles. The summed E-state index contributed by atoms with van der Waals surface area (Å²) in [5.74, 6) is 0.312. The van der Waals surface area contributed by atoms with Crippen molar-refractivity contribution in [3.63, 3.8) is 0 Å². The molecule has 0 aromatic rings. The van der Waals surface area contributed by atoms with Crippen molar-refractivity contribution in [3.8, 4) is 0 Å². The van der Waals surface area contributed by atoms with E-state index in [1.165, 1.54) is 45.4 Å². The number of rotatable bonds is 16. The van der Waals surface area contributed by atoms with Gasteiger partial charge in [-0.15, -0.1) is 0 Å².